The second-order valence-corrected chi connectivity index (χ2v) is 14.0. The lowest BCUT2D eigenvalue weighted by atomic mass is 9.96. The normalized spacial score (nSPS) is 11.6. The number of anilines is 3. The molecule has 0 atom stereocenters. The lowest BCUT2D eigenvalue weighted by Crippen LogP contribution is -2.10. The van der Waals surface area contributed by atoms with Crippen molar-refractivity contribution in [1.29, 1.82) is 0 Å². The fourth-order valence-electron chi connectivity index (χ4n) is 7.64. The van der Waals surface area contributed by atoms with Crippen molar-refractivity contribution < 1.29 is 0 Å². The fourth-order valence-corrected chi connectivity index (χ4v) is 8.79. The summed E-state index contributed by atoms with van der Waals surface area (Å²) in [5, 5.41) is 10.1. The summed E-state index contributed by atoms with van der Waals surface area (Å²) in [4.78, 5) is 2.43. The van der Waals surface area contributed by atoms with Crippen LogP contribution in [0.1, 0.15) is 0 Å². The molecule has 0 aliphatic heterocycles. The van der Waals surface area contributed by atoms with Crippen LogP contribution < -0.4 is 4.90 Å². The summed E-state index contributed by atoms with van der Waals surface area (Å²) in [6, 6.07) is 68.8. The van der Waals surface area contributed by atoms with Crippen LogP contribution >= 0.6 is 11.3 Å². The summed E-state index contributed by atoms with van der Waals surface area (Å²) in [5.41, 5.74) is 8.27. The third-order valence-corrected chi connectivity index (χ3v) is 11.2. The van der Waals surface area contributed by atoms with Crippen LogP contribution in [0.5, 0.6) is 0 Å². The van der Waals surface area contributed by atoms with E-state index in [-0.39, 0.29) is 0 Å². The number of rotatable bonds is 5. The Labute approximate surface area is 294 Å². The highest BCUT2D eigenvalue weighted by Gasteiger charge is 2.19. The fraction of sp³-hybridized carbons (Fsp3) is 0. The highest BCUT2D eigenvalue weighted by molar-refractivity contribution is 7.25. The van der Waals surface area contributed by atoms with Gasteiger partial charge in [0.15, 0.2) is 0 Å². The van der Waals surface area contributed by atoms with E-state index in [9.17, 15) is 0 Å². The third kappa shape index (κ3) is 4.76. The van der Waals surface area contributed by atoms with Crippen LogP contribution in [-0.4, -0.2) is 0 Å². The number of fused-ring (bicyclic) bond motifs is 7. The van der Waals surface area contributed by atoms with E-state index in [1.165, 1.54) is 74.7 Å². The van der Waals surface area contributed by atoms with Crippen LogP contribution in [0.4, 0.5) is 17.1 Å². The molecule has 0 aliphatic carbocycles. The molecule has 50 heavy (non-hydrogen) atoms. The lowest BCUT2D eigenvalue weighted by Gasteiger charge is -2.28. The molecular formula is C48H31NS. The Morgan fingerprint density at radius 2 is 0.960 bits per heavy atom. The van der Waals surface area contributed by atoms with E-state index in [1.807, 2.05) is 11.3 Å². The van der Waals surface area contributed by atoms with Crippen LogP contribution in [0.15, 0.2) is 188 Å². The van der Waals surface area contributed by atoms with E-state index in [4.69, 9.17) is 0 Å². The smallest absolute Gasteiger partial charge is 0.0546 e. The number of thiophene rings is 1. The van der Waals surface area contributed by atoms with Crippen LogP contribution in [0.25, 0.3) is 74.7 Å². The molecule has 10 rings (SSSR count). The Morgan fingerprint density at radius 3 is 1.82 bits per heavy atom. The molecule has 234 valence electrons. The van der Waals surface area contributed by atoms with Crippen molar-refractivity contribution in [3.63, 3.8) is 0 Å². The number of nitrogens with zero attached hydrogens (tertiary/aromatic N) is 1. The van der Waals surface area contributed by atoms with E-state index in [2.05, 4.69) is 193 Å². The average molecular weight is 654 g/mol. The van der Waals surface area contributed by atoms with Gasteiger partial charge in [-0.1, -0.05) is 146 Å². The lowest BCUT2D eigenvalue weighted by molar-refractivity contribution is 1.30. The molecule has 0 N–H and O–H groups in total. The predicted molar refractivity (Wildman–Crippen MR) is 217 cm³/mol. The highest BCUT2D eigenvalue weighted by Crippen LogP contribution is 2.44. The van der Waals surface area contributed by atoms with Crippen LogP contribution in [0, 0.1) is 0 Å². The summed E-state index contributed by atoms with van der Waals surface area (Å²) < 4.78 is 2.65. The topological polar surface area (TPSA) is 3.24 Å². The quantitative estimate of drug-likeness (QED) is 0.167. The van der Waals surface area contributed by atoms with Gasteiger partial charge < -0.3 is 4.90 Å². The van der Waals surface area contributed by atoms with Crippen molar-refractivity contribution in [2.75, 3.05) is 4.90 Å². The maximum Gasteiger partial charge on any atom is 0.0546 e. The average Bonchev–Trinajstić information content (AvgIpc) is 3.56. The first kappa shape index (κ1) is 28.8. The summed E-state index contributed by atoms with van der Waals surface area (Å²) in [6.07, 6.45) is 0. The zero-order valence-electron chi connectivity index (χ0n) is 27.3. The molecule has 0 spiro atoms. The maximum atomic E-state index is 2.43. The molecule has 10 aromatic rings. The molecule has 1 aromatic heterocycles. The predicted octanol–water partition coefficient (Wildman–Crippen LogP) is 14.3. The van der Waals surface area contributed by atoms with Crippen LogP contribution in [0.2, 0.25) is 0 Å². The minimum absolute atomic E-state index is 1.12. The molecule has 1 nitrogen and oxygen atoms in total. The van der Waals surface area contributed by atoms with E-state index in [0.29, 0.717) is 0 Å². The number of hydrogen-bond donors (Lipinski definition) is 0. The van der Waals surface area contributed by atoms with Gasteiger partial charge in [0.1, 0.15) is 0 Å². The van der Waals surface area contributed by atoms with Gasteiger partial charge in [-0.3, -0.25) is 0 Å². The Bertz CT molecular complexity index is 2870. The molecule has 0 unspecified atom stereocenters. The van der Waals surface area contributed by atoms with Crippen molar-refractivity contribution in [3.8, 4) is 22.3 Å². The van der Waals surface area contributed by atoms with E-state index < -0.39 is 0 Å². The summed E-state index contributed by atoms with van der Waals surface area (Å²) in [5.74, 6) is 0. The zero-order valence-corrected chi connectivity index (χ0v) is 28.1. The van der Waals surface area contributed by atoms with E-state index in [1.54, 1.807) is 0 Å². The first-order valence-corrected chi connectivity index (χ1v) is 17.9. The summed E-state index contributed by atoms with van der Waals surface area (Å²) >= 11 is 1.87. The molecule has 0 saturated carbocycles. The van der Waals surface area contributed by atoms with Gasteiger partial charge in [-0.25, -0.2) is 0 Å². The molecule has 0 saturated heterocycles. The number of hydrogen-bond acceptors (Lipinski definition) is 2. The Morgan fingerprint density at radius 1 is 0.320 bits per heavy atom. The summed E-state index contributed by atoms with van der Waals surface area (Å²) in [6.45, 7) is 0. The molecule has 0 amide bonds. The molecule has 1 heterocycles. The minimum Gasteiger partial charge on any atom is -0.310 e. The van der Waals surface area contributed by atoms with Gasteiger partial charge >= 0.3 is 0 Å². The van der Waals surface area contributed by atoms with Crippen molar-refractivity contribution in [3.05, 3.63) is 188 Å². The second-order valence-electron chi connectivity index (χ2n) is 12.9. The van der Waals surface area contributed by atoms with Gasteiger partial charge in [0.05, 0.1) is 5.69 Å². The first-order chi connectivity index (χ1) is 24.8. The standard InChI is InChI=1S/C48H31NS/c1-3-16-39-33(11-1)13-10-21-40(39)35-14-9-15-38(29-35)49(46-30-36-12-2-4-17-41(36)42-18-5-6-19-43(42)46)37-26-23-32(24-27-37)34-25-28-45-44-20-7-8-22-47(44)50-48(45)31-34/h1-31H. The SMILES string of the molecule is c1cc(-c2cccc3ccccc23)cc(N(c2ccc(-c3ccc4c(c3)sc3ccccc34)cc2)c2cc3ccccc3c3ccccc23)c1. The Kier molecular flexibility index (Phi) is 6.75. The van der Waals surface area contributed by atoms with Gasteiger partial charge in [-0.05, 0) is 91.6 Å². The highest BCUT2D eigenvalue weighted by atomic mass is 32.1. The number of benzene rings is 9. The van der Waals surface area contributed by atoms with Crippen molar-refractivity contribution in [2.45, 2.75) is 0 Å². The van der Waals surface area contributed by atoms with Crippen LogP contribution in [-0.2, 0) is 0 Å². The molecule has 9 aromatic carbocycles. The van der Waals surface area contributed by atoms with Gasteiger partial charge in [-0.2, -0.15) is 0 Å². The largest absolute Gasteiger partial charge is 0.310 e. The molecule has 0 radical (unpaired) electrons. The van der Waals surface area contributed by atoms with Crippen LogP contribution in [0.3, 0.4) is 0 Å². The molecular weight excluding hydrogens is 623 g/mol. The maximum absolute atomic E-state index is 2.43. The van der Waals surface area contributed by atoms with Gasteiger partial charge in [0.2, 0.25) is 0 Å². The second kappa shape index (κ2) is 11.7. The Balaban J connectivity index is 1.15. The van der Waals surface area contributed by atoms with Gasteiger partial charge in [-0.15, -0.1) is 11.3 Å². The van der Waals surface area contributed by atoms with Crippen molar-refractivity contribution in [1.82, 2.24) is 0 Å². The third-order valence-electron chi connectivity index (χ3n) is 10.0. The van der Waals surface area contributed by atoms with E-state index in [0.717, 1.165) is 17.1 Å². The van der Waals surface area contributed by atoms with Crippen molar-refractivity contribution >= 4 is 80.9 Å². The monoisotopic (exact) mass is 653 g/mol. The molecule has 2 heteroatoms. The Hall–Kier alpha value is -6.22. The first-order valence-electron chi connectivity index (χ1n) is 17.1. The zero-order chi connectivity index (χ0) is 33.0. The molecule has 0 bridgehead atoms. The minimum atomic E-state index is 1.12. The van der Waals surface area contributed by atoms with Gasteiger partial charge in [0, 0.05) is 36.9 Å². The molecule has 0 aliphatic rings. The summed E-state index contributed by atoms with van der Waals surface area (Å²) in [7, 11) is 0. The van der Waals surface area contributed by atoms with E-state index >= 15 is 0 Å². The van der Waals surface area contributed by atoms with Crippen molar-refractivity contribution in [2.24, 2.45) is 0 Å². The van der Waals surface area contributed by atoms with Gasteiger partial charge in [0.25, 0.3) is 0 Å². The molecule has 0 fully saturated rings.